The summed E-state index contributed by atoms with van der Waals surface area (Å²) >= 11 is 3.44. The lowest BCUT2D eigenvalue weighted by Crippen LogP contribution is -2.38. The molecule has 0 atom stereocenters. The molecule has 0 aliphatic carbocycles. The molecular formula is C14H19BrN2O3. The van der Waals surface area contributed by atoms with Gasteiger partial charge in [0.05, 0.1) is 19.2 Å². The van der Waals surface area contributed by atoms with Crippen molar-refractivity contribution in [2.75, 3.05) is 13.7 Å². The summed E-state index contributed by atoms with van der Waals surface area (Å²) in [5.41, 5.74) is 6.71. The number of benzene rings is 1. The lowest BCUT2D eigenvalue weighted by Gasteiger charge is -2.25. The van der Waals surface area contributed by atoms with Gasteiger partial charge in [0.15, 0.2) is 0 Å². The molecule has 0 saturated carbocycles. The third-order valence-corrected chi connectivity index (χ3v) is 3.68. The molecule has 1 amide bonds. The monoisotopic (exact) mass is 342 g/mol. The predicted molar refractivity (Wildman–Crippen MR) is 80.2 cm³/mol. The van der Waals surface area contributed by atoms with Crippen molar-refractivity contribution in [3.63, 3.8) is 0 Å². The van der Waals surface area contributed by atoms with Crippen LogP contribution in [0.15, 0.2) is 22.7 Å². The van der Waals surface area contributed by atoms with E-state index in [4.69, 9.17) is 5.73 Å². The topological polar surface area (TPSA) is 72.6 Å². The number of esters is 1. The highest BCUT2D eigenvalue weighted by Crippen LogP contribution is 2.21. The smallest absolute Gasteiger partial charge is 0.337 e. The van der Waals surface area contributed by atoms with Gasteiger partial charge < -0.3 is 10.5 Å². The second-order valence-electron chi connectivity index (χ2n) is 4.76. The molecule has 0 heterocycles. The average Bonchev–Trinajstić information content (AvgIpc) is 2.38. The molecule has 0 fully saturated rings. The second kappa shape index (κ2) is 7.40. The van der Waals surface area contributed by atoms with E-state index in [0.717, 1.165) is 10.0 Å². The summed E-state index contributed by atoms with van der Waals surface area (Å²) in [6.45, 7) is 4.77. The third-order valence-electron chi connectivity index (χ3n) is 2.94. The zero-order valence-electron chi connectivity index (χ0n) is 11.9. The van der Waals surface area contributed by atoms with Crippen molar-refractivity contribution >= 4 is 27.8 Å². The van der Waals surface area contributed by atoms with E-state index in [2.05, 4.69) is 20.7 Å². The fraction of sp³-hybridized carbons (Fsp3) is 0.429. The molecular weight excluding hydrogens is 324 g/mol. The Hall–Kier alpha value is -1.40. The van der Waals surface area contributed by atoms with Crippen molar-refractivity contribution in [3.05, 3.63) is 33.8 Å². The van der Waals surface area contributed by atoms with E-state index >= 15 is 0 Å². The molecule has 0 radical (unpaired) electrons. The second-order valence-corrected chi connectivity index (χ2v) is 5.62. The fourth-order valence-corrected chi connectivity index (χ4v) is 2.26. The first-order valence-electron chi connectivity index (χ1n) is 6.24. The van der Waals surface area contributed by atoms with Crippen LogP contribution in [0.25, 0.3) is 0 Å². The van der Waals surface area contributed by atoms with E-state index in [1.807, 2.05) is 24.8 Å². The number of nitrogens with two attached hydrogens (primary N) is 1. The molecule has 0 aliphatic rings. The Kier molecular flexibility index (Phi) is 6.16. The maximum absolute atomic E-state index is 11.4. The van der Waals surface area contributed by atoms with Gasteiger partial charge in [0.2, 0.25) is 5.91 Å². The molecule has 1 aromatic rings. The normalized spacial score (nSPS) is 10.9. The highest BCUT2D eigenvalue weighted by Gasteiger charge is 2.15. The number of primary amides is 1. The van der Waals surface area contributed by atoms with E-state index in [9.17, 15) is 9.59 Å². The van der Waals surface area contributed by atoms with Gasteiger partial charge in [-0.05, 0) is 31.5 Å². The average molecular weight is 343 g/mol. The summed E-state index contributed by atoms with van der Waals surface area (Å²) in [6.07, 6.45) is 0. The van der Waals surface area contributed by atoms with E-state index in [0.29, 0.717) is 12.1 Å². The van der Waals surface area contributed by atoms with Gasteiger partial charge in [0.1, 0.15) is 0 Å². The number of carbonyl (C=O) groups is 2. The van der Waals surface area contributed by atoms with Crippen molar-refractivity contribution in [1.82, 2.24) is 4.90 Å². The van der Waals surface area contributed by atoms with Gasteiger partial charge in [-0.1, -0.05) is 22.0 Å². The zero-order chi connectivity index (χ0) is 15.3. The van der Waals surface area contributed by atoms with Gasteiger partial charge in [-0.2, -0.15) is 0 Å². The number of amides is 1. The molecule has 110 valence electrons. The van der Waals surface area contributed by atoms with Crippen LogP contribution in [0.2, 0.25) is 0 Å². The van der Waals surface area contributed by atoms with Gasteiger partial charge in [-0.25, -0.2) is 4.79 Å². The molecule has 0 bridgehead atoms. The van der Waals surface area contributed by atoms with Crippen LogP contribution in [0.1, 0.15) is 29.8 Å². The van der Waals surface area contributed by atoms with Gasteiger partial charge in [-0.3, -0.25) is 9.69 Å². The minimum Gasteiger partial charge on any atom is -0.465 e. The first kappa shape index (κ1) is 16.7. The Morgan fingerprint density at radius 2 is 2.05 bits per heavy atom. The number of halogens is 1. The van der Waals surface area contributed by atoms with E-state index in [-0.39, 0.29) is 24.5 Å². The van der Waals surface area contributed by atoms with Crippen LogP contribution >= 0.6 is 15.9 Å². The number of ether oxygens (including phenoxy) is 1. The van der Waals surface area contributed by atoms with E-state index in [1.54, 1.807) is 12.1 Å². The largest absolute Gasteiger partial charge is 0.465 e. The number of nitrogens with zero attached hydrogens (tertiary/aromatic N) is 1. The Morgan fingerprint density at radius 1 is 1.40 bits per heavy atom. The Labute approximate surface area is 127 Å². The van der Waals surface area contributed by atoms with Crippen molar-refractivity contribution in [2.45, 2.75) is 26.4 Å². The third kappa shape index (κ3) is 4.61. The lowest BCUT2D eigenvalue weighted by molar-refractivity contribution is -0.119. The molecule has 2 N–H and O–H groups in total. The Morgan fingerprint density at radius 3 is 2.50 bits per heavy atom. The Bertz CT molecular complexity index is 503. The molecule has 0 aromatic heterocycles. The standard InChI is InChI=1S/C14H19BrN2O3/c1-9(2)17(8-13(16)18)7-11-5-4-10(6-12(11)15)14(19)20-3/h4-6,9H,7-8H2,1-3H3,(H2,16,18). The minimum atomic E-state index is -0.380. The van der Waals surface area contributed by atoms with Crippen LogP contribution in [0.5, 0.6) is 0 Å². The number of hydrogen-bond donors (Lipinski definition) is 1. The number of rotatable bonds is 6. The maximum Gasteiger partial charge on any atom is 0.337 e. The van der Waals surface area contributed by atoms with Crippen molar-refractivity contribution < 1.29 is 14.3 Å². The van der Waals surface area contributed by atoms with Crippen LogP contribution in [-0.2, 0) is 16.1 Å². The number of methoxy groups -OCH3 is 1. The van der Waals surface area contributed by atoms with Crippen LogP contribution < -0.4 is 5.73 Å². The molecule has 1 aromatic carbocycles. The van der Waals surface area contributed by atoms with Crippen molar-refractivity contribution in [3.8, 4) is 0 Å². The Balaban J connectivity index is 2.91. The quantitative estimate of drug-likeness (QED) is 0.801. The van der Waals surface area contributed by atoms with Crippen LogP contribution in [0, 0.1) is 0 Å². The fourth-order valence-electron chi connectivity index (χ4n) is 1.76. The number of carbonyl (C=O) groups excluding carboxylic acids is 2. The SMILES string of the molecule is COC(=O)c1ccc(CN(CC(N)=O)C(C)C)c(Br)c1. The van der Waals surface area contributed by atoms with Crippen LogP contribution in [-0.4, -0.2) is 36.5 Å². The predicted octanol–water partition coefficient (Wildman–Crippen LogP) is 1.93. The summed E-state index contributed by atoms with van der Waals surface area (Å²) in [5, 5.41) is 0. The molecule has 20 heavy (non-hydrogen) atoms. The van der Waals surface area contributed by atoms with Crippen LogP contribution in [0.3, 0.4) is 0 Å². The molecule has 5 nitrogen and oxygen atoms in total. The summed E-state index contributed by atoms with van der Waals surface area (Å²) in [4.78, 5) is 24.5. The highest BCUT2D eigenvalue weighted by atomic mass is 79.9. The van der Waals surface area contributed by atoms with Gasteiger partial charge >= 0.3 is 5.97 Å². The molecule has 0 unspecified atom stereocenters. The zero-order valence-corrected chi connectivity index (χ0v) is 13.4. The van der Waals surface area contributed by atoms with Crippen molar-refractivity contribution in [2.24, 2.45) is 5.73 Å². The van der Waals surface area contributed by atoms with Gasteiger partial charge in [0.25, 0.3) is 0 Å². The van der Waals surface area contributed by atoms with Gasteiger partial charge in [0, 0.05) is 17.1 Å². The molecule has 0 aliphatic heterocycles. The van der Waals surface area contributed by atoms with Crippen molar-refractivity contribution in [1.29, 1.82) is 0 Å². The van der Waals surface area contributed by atoms with Gasteiger partial charge in [-0.15, -0.1) is 0 Å². The summed E-state index contributed by atoms with van der Waals surface area (Å²) < 4.78 is 5.47. The molecule has 1 rings (SSSR count). The first-order valence-corrected chi connectivity index (χ1v) is 7.03. The summed E-state index contributed by atoms with van der Waals surface area (Å²) in [6, 6.07) is 5.44. The summed E-state index contributed by atoms with van der Waals surface area (Å²) in [5.74, 6) is -0.740. The first-order chi connectivity index (χ1) is 9.35. The maximum atomic E-state index is 11.4. The molecule has 0 spiro atoms. The lowest BCUT2D eigenvalue weighted by atomic mass is 10.1. The molecule has 6 heteroatoms. The molecule has 0 saturated heterocycles. The van der Waals surface area contributed by atoms with Crippen LogP contribution in [0.4, 0.5) is 0 Å². The number of hydrogen-bond acceptors (Lipinski definition) is 4. The van der Waals surface area contributed by atoms with E-state index < -0.39 is 0 Å². The van der Waals surface area contributed by atoms with E-state index in [1.165, 1.54) is 7.11 Å². The highest BCUT2D eigenvalue weighted by molar-refractivity contribution is 9.10. The summed E-state index contributed by atoms with van der Waals surface area (Å²) in [7, 11) is 1.34. The minimum absolute atomic E-state index is 0.190.